The Balaban J connectivity index is 2.37. The van der Waals surface area contributed by atoms with Gasteiger partial charge in [-0.1, -0.05) is 57.5 Å². The van der Waals surface area contributed by atoms with Crippen LogP contribution in [0, 0.1) is 0 Å². The Morgan fingerprint density at radius 2 is 1.57 bits per heavy atom. The number of carbonyl (C=O) groups is 1. The van der Waals surface area contributed by atoms with Crippen LogP contribution in [0.3, 0.4) is 0 Å². The summed E-state index contributed by atoms with van der Waals surface area (Å²) in [7, 11) is -4.21. The van der Waals surface area contributed by atoms with Gasteiger partial charge in [0.05, 0.1) is 10.5 Å². The Morgan fingerprint density at radius 3 is 2.03 bits per heavy atom. The summed E-state index contributed by atoms with van der Waals surface area (Å²) in [5.41, 5.74) is 1.47. The highest BCUT2D eigenvalue weighted by molar-refractivity contribution is 7.90. The van der Waals surface area contributed by atoms with E-state index in [1.807, 2.05) is 50.6 Å². The van der Waals surface area contributed by atoms with Gasteiger partial charge in [0, 0.05) is 10.7 Å². The molecular weight excluding hydrogens is 424 g/mol. The van der Waals surface area contributed by atoms with Crippen LogP contribution in [-0.2, 0) is 15.6 Å². The number of hydrogen-bond acceptors (Lipinski definition) is 4. The summed E-state index contributed by atoms with van der Waals surface area (Å²) in [6, 6.07) is 8.88. The van der Waals surface area contributed by atoms with Gasteiger partial charge in [0.15, 0.2) is 0 Å². The maximum atomic E-state index is 12.8. The Labute approximate surface area is 183 Å². The average Bonchev–Trinajstić information content (AvgIpc) is 2.59. The number of rotatable bonds is 6. The lowest BCUT2D eigenvalue weighted by atomic mass is 9.93. The molecule has 164 valence electrons. The van der Waals surface area contributed by atoms with Gasteiger partial charge in [0.1, 0.15) is 0 Å². The molecule has 6 nitrogen and oxygen atoms in total. The molecule has 2 aromatic rings. The summed E-state index contributed by atoms with van der Waals surface area (Å²) in [6.45, 7) is 11.1. The Kier molecular flexibility index (Phi) is 7.22. The van der Waals surface area contributed by atoms with Crippen molar-refractivity contribution in [3.63, 3.8) is 0 Å². The van der Waals surface area contributed by atoms with Crippen LogP contribution in [0.15, 0.2) is 41.3 Å². The number of carbonyl (C=O) groups excluding carboxylic acids is 1. The van der Waals surface area contributed by atoms with E-state index in [2.05, 4.69) is 5.32 Å². The summed E-state index contributed by atoms with van der Waals surface area (Å²) < 4.78 is 27.6. The van der Waals surface area contributed by atoms with E-state index in [9.17, 15) is 18.3 Å². The predicted octanol–water partition coefficient (Wildman–Crippen LogP) is 5.32. The molecule has 0 aromatic heterocycles. The highest BCUT2D eigenvalue weighted by Gasteiger charge is 2.24. The van der Waals surface area contributed by atoms with Crippen LogP contribution in [0.2, 0.25) is 5.02 Å². The van der Waals surface area contributed by atoms with Gasteiger partial charge in [-0.25, -0.2) is 17.9 Å². The molecule has 0 heterocycles. The van der Waals surface area contributed by atoms with Gasteiger partial charge in [-0.15, -0.1) is 0 Å². The second-order valence-electron chi connectivity index (χ2n) is 8.42. The molecule has 3 N–H and O–H groups in total. The van der Waals surface area contributed by atoms with Crippen LogP contribution >= 0.6 is 11.6 Å². The number of urea groups is 1. The van der Waals surface area contributed by atoms with E-state index in [-0.39, 0.29) is 21.8 Å². The van der Waals surface area contributed by atoms with Crippen molar-refractivity contribution in [3.05, 3.63) is 58.1 Å². The van der Waals surface area contributed by atoms with E-state index in [1.165, 1.54) is 32.0 Å². The highest BCUT2D eigenvalue weighted by atomic mass is 35.5. The molecule has 30 heavy (non-hydrogen) atoms. The van der Waals surface area contributed by atoms with Crippen LogP contribution in [0.25, 0.3) is 0 Å². The second kappa shape index (κ2) is 8.96. The fraction of sp³-hybridized carbons (Fsp3) is 0.409. The van der Waals surface area contributed by atoms with Crippen LogP contribution < -0.4 is 10.0 Å². The predicted molar refractivity (Wildman–Crippen MR) is 121 cm³/mol. The Hall–Kier alpha value is -2.09. The summed E-state index contributed by atoms with van der Waals surface area (Å²) in [6.07, 6.45) is 0. The molecule has 0 aliphatic carbocycles. The molecule has 0 bridgehead atoms. The first-order chi connectivity index (χ1) is 13.7. The van der Waals surface area contributed by atoms with Crippen LogP contribution in [0.5, 0.6) is 0 Å². The van der Waals surface area contributed by atoms with Crippen LogP contribution in [0.4, 0.5) is 10.5 Å². The van der Waals surface area contributed by atoms with Gasteiger partial charge in [-0.2, -0.15) is 0 Å². The number of amides is 2. The largest absolute Gasteiger partial charge is 0.386 e. The molecule has 0 aliphatic heterocycles. The highest BCUT2D eigenvalue weighted by Crippen LogP contribution is 2.32. The van der Waals surface area contributed by atoms with Crippen molar-refractivity contribution < 1.29 is 18.3 Å². The number of para-hydroxylation sites is 1. The number of halogens is 1. The van der Waals surface area contributed by atoms with Gasteiger partial charge >= 0.3 is 6.03 Å². The summed E-state index contributed by atoms with van der Waals surface area (Å²) in [5, 5.41) is 13.0. The molecule has 8 heteroatoms. The normalized spacial score (nSPS) is 12.3. The number of anilines is 1. The maximum Gasteiger partial charge on any atom is 0.333 e. The third-order valence-electron chi connectivity index (χ3n) is 4.73. The van der Waals surface area contributed by atoms with E-state index in [1.54, 1.807) is 0 Å². The first-order valence-corrected chi connectivity index (χ1v) is 11.6. The lowest BCUT2D eigenvalue weighted by Gasteiger charge is -2.21. The van der Waals surface area contributed by atoms with E-state index >= 15 is 0 Å². The summed E-state index contributed by atoms with van der Waals surface area (Å²) >= 11 is 6.04. The first kappa shape index (κ1) is 24.2. The Morgan fingerprint density at radius 1 is 1.03 bits per heavy atom. The number of hydrogen-bond donors (Lipinski definition) is 3. The molecule has 0 radical (unpaired) electrons. The maximum absolute atomic E-state index is 12.8. The van der Waals surface area contributed by atoms with Crippen molar-refractivity contribution >= 4 is 33.3 Å². The molecule has 0 saturated heterocycles. The Bertz CT molecular complexity index is 1020. The molecule has 0 aliphatic rings. The molecule has 0 unspecified atom stereocenters. The van der Waals surface area contributed by atoms with Crippen molar-refractivity contribution in [3.8, 4) is 0 Å². The van der Waals surface area contributed by atoms with Crippen molar-refractivity contribution in [2.24, 2.45) is 0 Å². The fourth-order valence-electron chi connectivity index (χ4n) is 3.09. The molecule has 2 rings (SSSR count). The zero-order valence-electron chi connectivity index (χ0n) is 18.1. The van der Waals surface area contributed by atoms with E-state index < -0.39 is 21.7 Å². The average molecular weight is 453 g/mol. The van der Waals surface area contributed by atoms with Crippen LogP contribution in [-0.4, -0.2) is 19.6 Å². The molecule has 0 saturated carbocycles. The summed E-state index contributed by atoms with van der Waals surface area (Å²) in [5.74, 6) is 0.274. The zero-order valence-corrected chi connectivity index (χ0v) is 19.6. The standard InChI is InChI=1S/C22H29ClN2O4S/c1-13(2)18-8-7-9-19(14(3)4)20(18)24-21(26)25-30(28,29)17-11-15(22(5,6)27)10-16(23)12-17/h7-14,27H,1-6H3,(H2,24,25,26). The quantitative estimate of drug-likeness (QED) is 0.552. The number of benzene rings is 2. The van der Waals surface area contributed by atoms with E-state index in [0.717, 1.165) is 11.1 Å². The van der Waals surface area contributed by atoms with Gasteiger partial charge < -0.3 is 10.4 Å². The van der Waals surface area contributed by atoms with Gasteiger partial charge in [0.2, 0.25) is 0 Å². The number of sulfonamides is 1. The zero-order chi connectivity index (χ0) is 22.9. The van der Waals surface area contributed by atoms with Crippen LogP contribution in [0.1, 0.15) is 70.1 Å². The van der Waals surface area contributed by atoms with Gasteiger partial charge in [0.25, 0.3) is 10.0 Å². The van der Waals surface area contributed by atoms with E-state index in [0.29, 0.717) is 11.3 Å². The fourth-order valence-corrected chi connectivity index (χ4v) is 4.36. The lowest BCUT2D eigenvalue weighted by molar-refractivity contribution is 0.0784. The minimum absolute atomic E-state index is 0.137. The molecule has 2 aromatic carbocycles. The topological polar surface area (TPSA) is 95.5 Å². The first-order valence-electron chi connectivity index (χ1n) is 9.72. The van der Waals surface area contributed by atoms with Crippen molar-refractivity contribution in [1.82, 2.24) is 4.72 Å². The van der Waals surface area contributed by atoms with Crippen molar-refractivity contribution in [1.29, 1.82) is 0 Å². The second-order valence-corrected chi connectivity index (χ2v) is 10.5. The molecule has 0 spiro atoms. The minimum Gasteiger partial charge on any atom is -0.386 e. The molecule has 0 atom stereocenters. The van der Waals surface area contributed by atoms with Crippen molar-refractivity contribution in [2.75, 3.05) is 5.32 Å². The smallest absolute Gasteiger partial charge is 0.333 e. The van der Waals surface area contributed by atoms with Gasteiger partial charge in [-0.3, -0.25) is 0 Å². The number of aliphatic hydroxyl groups is 1. The molecule has 2 amide bonds. The third-order valence-corrected chi connectivity index (χ3v) is 6.26. The number of nitrogens with one attached hydrogen (secondary N) is 2. The van der Waals surface area contributed by atoms with E-state index in [4.69, 9.17) is 11.6 Å². The van der Waals surface area contributed by atoms with Crippen molar-refractivity contribution in [2.45, 2.75) is 63.9 Å². The SMILES string of the molecule is CC(C)c1cccc(C(C)C)c1NC(=O)NS(=O)(=O)c1cc(Cl)cc(C(C)(C)O)c1. The molecule has 0 fully saturated rings. The lowest BCUT2D eigenvalue weighted by Crippen LogP contribution is -2.35. The minimum atomic E-state index is -4.21. The van der Waals surface area contributed by atoms with Gasteiger partial charge in [-0.05, 0) is 60.6 Å². The third kappa shape index (κ3) is 5.74. The summed E-state index contributed by atoms with van der Waals surface area (Å²) in [4.78, 5) is 12.4. The molecular formula is C22H29ClN2O4S. The monoisotopic (exact) mass is 452 g/mol.